The van der Waals surface area contributed by atoms with Crippen molar-refractivity contribution in [2.24, 2.45) is 10.7 Å². The van der Waals surface area contributed by atoms with Gasteiger partial charge in [-0.2, -0.15) is 0 Å². The van der Waals surface area contributed by atoms with Gasteiger partial charge < -0.3 is 38.8 Å². The number of quaternary nitrogens is 1. The maximum absolute atomic E-state index is 12.8. The number of alkyl carbamates (subject to hydrolysis) is 1. The molecule has 8 N–H and O–H groups in total. The number of hydrogen-bond acceptors (Lipinski definition) is 6. The lowest BCUT2D eigenvalue weighted by Crippen LogP contribution is -3.00. The molecule has 1 heterocycles. The number of nitrogens with zero attached hydrogens (tertiary/aromatic N) is 2. The van der Waals surface area contributed by atoms with E-state index in [9.17, 15) is 19.2 Å². The minimum Gasteiger partial charge on any atom is -1.00 e. The topological polar surface area (TPSA) is 183 Å². The SMILES string of the molecule is CN(C(=O)C[C@H](CCC[NH3+])NC(=O)OCc1ccccc1)C1CN=C(NC(N)=O)NC1=O.[Cl-]. The van der Waals surface area contributed by atoms with Crippen molar-refractivity contribution < 1.29 is 42.1 Å². The van der Waals surface area contributed by atoms with Gasteiger partial charge in [0.25, 0.3) is 5.91 Å². The summed E-state index contributed by atoms with van der Waals surface area (Å²) in [6, 6.07) is 7.07. The van der Waals surface area contributed by atoms with E-state index in [4.69, 9.17) is 10.5 Å². The summed E-state index contributed by atoms with van der Waals surface area (Å²) in [5.74, 6) is -0.899. The molecule has 2 atom stereocenters. The fourth-order valence-corrected chi connectivity index (χ4v) is 3.06. The highest BCUT2D eigenvalue weighted by Crippen LogP contribution is 2.10. The van der Waals surface area contributed by atoms with Crippen molar-refractivity contribution in [3.63, 3.8) is 0 Å². The summed E-state index contributed by atoms with van der Waals surface area (Å²) in [7, 11) is 1.49. The van der Waals surface area contributed by atoms with Crippen LogP contribution in [0.25, 0.3) is 0 Å². The lowest BCUT2D eigenvalue weighted by Gasteiger charge is -2.30. The van der Waals surface area contributed by atoms with Gasteiger partial charge in [-0.3, -0.25) is 20.2 Å². The van der Waals surface area contributed by atoms with E-state index in [1.165, 1.54) is 11.9 Å². The average molecular weight is 484 g/mol. The predicted molar refractivity (Wildman–Crippen MR) is 115 cm³/mol. The molecule has 1 aromatic rings. The van der Waals surface area contributed by atoms with Crippen molar-refractivity contribution in [1.82, 2.24) is 20.9 Å². The van der Waals surface area contributed by atoms with Crippen molar-refractivity contribution in [2.75, 3.05) is 20.1 Å². The Morgan fingerprint density at radius 2 is 2.03 bits per heavy atom. The zero-order valence-electron chi connectivity index (χ0n) is 18.4. The quantitative estimate of drug-likeness (QED) is 0.237. The van der Waals surface area contributed by atoms with Gasteiger partial charge in [0.1, 0.15) is 12.6 Å². The third kappa shape index (κ3) is 9.33. The van der Waals surface area contributed by atoms with Gasteiger partial charge in [0.2, 0.25) is 11.9 Å². The molecule has 1 aliphatic heterocycles. The third-order valence-electron chi connectivity index (χ3n) is 4.83. The average Bonchev–Trinajstić information content (AvgIpc) is 2.76. The monoisotopic (exact) mass is 483 g/mol. The number of nitrogens with one attached hydrogen (secondary N) is 3. The van der Waals surface area contributed by atoms with Gasteiger partial charge in [-0.25, -0.2) is 14.6 Å². The Labute approximate surface area is 197 Å². The van der Waals surface area contributed by atoms with Crippen LogP contribution < -0.4 is 39.8 Å². The summed E-state index contributed by atoms with van der Waals surface area (Å²) in [5.41, 5.74) is 9.65. The highest BCUT2D eigenvalue weighted by molar-refractivity contribution is 6.07. The lowest BCUT2D eigenvalue weighted by atomic mass is 10.1. The van der Waals surface area contributed by atoms with Crippen molar-refractivity contribution in [3.8, 4) is 0 Å². The molecule has 0 spiro atoms. The first-order chi connectivity index (χ1) is 15.3. The van der Waals surface area contributed by atoms with Crippen molar-refractivity contribution in [3.05, 3.63) is 35.9 Å². The van der Waals surface area contributed by atoms with Crippen LogP contribution in [0.15, 0.2) is 35.3 Å². The predicted octanol–water partition coefficient (Wildman–Crippen LogP) is -4.32. The molecule has 0 fully saturated rings. The molecule has 0 saturated heterocycles. The van der Waals surface area contributed by atoms with Crippen LogP contribution in [0.1, 0.15) is 24.8 Å². The number of urea groups is 1. The van der Waals surface area contributed by atoms with Crippen LogP contribution in [0, 0.1) is 0 Å². The molecule has 0 radical (unpaired) electrons. The Balaban J connectivity index is 0.00000544. The van der Waals surface area contributed by atoms with Gasteiger partial charge in [-0.1, -0.05) is 30.3 Å². The summed E-state index contributed by atoms with van der Waals surface area (Å²) < 4.78 is 5.24. The van der Waals surface area contributed by atoms with Crippen molar-refractivity contribution >= 4 is 29.9 Å². The van der Waals surface area contributed by atoms with Crippen LogP contribution in [0.5, 0.6) is 0 Å². The van der Waals surface area contributed by atoms with Gasteiger partial charge in [-0.05, 0) is 18.4 Å². The molecule has 0 saturated carbocycles. The van der Waals surface area contributed by atoms with E-state index in [-0.39, 0.29) is 43.8 Å². The Kier molecular flexibility index (Phi) is 11.7. The summed E-state index contributed by atoms with van der Waals surface area (Å²) >= 11 is 0. The summed E-state index contributed by atoms with van der Waals surface area (Å²) in [6.45, 7) is 0.737. The molecular formula is C20H30ClN7O5. The molecule has 182 valence electrons. The molecule has 1 aliphatic rings. The van der Waals surface area contributed by atoms with E-state index in [0.29, 0.717) is 19.4 Å². The van der Waals surface area contributed by atoms with Crippen molar-refractivity contribution in [1.29, 1.82) is 0 Å². The molecular weight excluding hydrogens is 454 g/mol. The number of likely N-dealkylation sites (N-methyl/N-ethyl adjacent to an activating group) is 1. The first-order valence-electron chi connectivity index (χ1n) is 10.2. The maximum atomic E-state index is 12.8. The van der Waals surface area contributed by atoms with E-state index in [1.54, 1.807) is 0 Å². The molecule has 2 rings (SSSR count). The first-order valence-corrected chi connectivity index (χ1v) is 10.2. The Morgan fingerprint density at radius 3 is 2.64 bits per heavy atom. The number of aliphatic imine (C=N–C) groups is 1. The zero-order chi connectivity index (χ0) is 23.5. The molecule has 0 bridgehead atoms. The van der Waals surface area contributed by atoms with Crippen LogP contribution in [0.4, 0.5) is 9.59 Å². The summed E-state index contributed by atoms with van der Waals surface area (Å²) in [4.78, 5) is 53.5. The lowest BCUT2D eigenvalue weighted by molar-refractivity contribution is -0.368. The number of benzene rings is 1. The largest absolute Gasteiger partial charge is 1.00 e. The minimum absolute atomic E-state index is 0. The molecule has 1 aromatic carbocycles. The van der Waals surface area contributed by atoms with Crippen LogP contribution in [0.3, 0.4) is 0 Å². The highest BCUT2D eigenvalue weighted by Gasteiger charge is 2.32. The number of carbonyl (C=O) groups excluding carboxylic acids is 4. The Bertz CT molecular complexity index is 852. The van der Waals surface area contributed by atoms with Gasteiger partial charge in [0, 0.05) is 19.5 Å². The first kappa shape index (κ1) is 27.7. The smallest absolute Gasteiger partial charge is 0.407 e. The Hall–Kier alpha value is -3.38. The number of halogens is 1. The molecule has 13 heteroatoms. The summed E-state index contributed by atoms with van der Waals surface area (Å²) in [5, 5.41) is 7.31. The van der Waals surface area contributed by atoms with E-state index in [0.717, 1.165) is 5.56 Å². The van der Waals surface area contributed by atoms with Gasteiger partial charge in [0.15, 0.2) is 0 Å². The van der Waals surface area contributed by atoms with Crippen LogP contribution in [0.2, 0.25) is 0 Å². The second-order valence-electron chi connectivity index (χ2n) is 7.29. The number of primary amides is 1. The van der Waals surface area contributed by atoms with Gasteiger partial charge in [-0.15, -0.1) is 0 Å². The Morgan fingerprint density at radius 1 is 1.33 bits per heavy atom. The van der Waals surface area contributed by atoms with Crippen LogP contribution >= 0.6 is 0 Å². The molecule has 0 aliphatic carbocycles. The van der Waals surface area contributed by atoms with Crippen molar-refractivity contribution in [2.45, 2.75) is 38.0 Å². The van der Waals surface area contributed by atoms with Gasteiger partial charge in [0.05, 0.1) is 13.1 Å². The van der Waals surface area contributed by atoms with Crippen LogP contribution in [-0.4, -0.2) is 67.0 Å². The number of hydrogen-bond donors (Lipinski definition) is 5. The second-order valence-corrected chi connectivity index (χ2v) is 7.29. The molecule has 5 amide bonds. The molecule has 33 heavy (non-hydrogen) atoms. The van der Waals surface area contributed by atoms with E-state index in [1.807, 2.05) is 30.3 Å². The normalized spacial score (nSPS) is 15.8. The number of amides is 5. The van der Waals surface area contributed by atoms with E-state index >= 15 is 0 Å². The van der Waals surface area contributed by atoms with Gasteiger partial charge >= 0.3 is 12.1 Å². The van der Waals surface area contributed by atoms with E-state index < -0.39 is 30.1 Å². The maximum Gasteiger partial charge on any atom is 0.407 e. The molecule has 1 unspecified atom stereocenters. The fourth-order valence-electron chi connectivity index (χ4n) is 3.06. The third-order valence-corrected chi connectivity index (χ3v) is 4.83. The summed E-state index contributed by atoms with van der Waals surface area (Å²) in [6.07, 6.45) is 0.597. The number of carbonyl (C=O) groups is 4. The number of rotatable bonds is 9. The van der Waals surface area contributed by atoms with E-state index in [2.05, 4.69) is 26.7 Å². The highest BCUT2D eigenvalue weighted by atomic mass is 35.5. The minimum atomic E-state index is -0.856. The number of nitrogens with two attached hydrogens (primary N) is 1. The second kappa shape index (κ2) is 13.9. The fraction of sp³-hybridized carbons (Fsp3) is 0.450. The van der Waals surface area contributed by atoms with Crippen LogP contribution in [-0.2, 0) is 20.9 Å². The standard InChI is InChI=1S/C20H29N7O5.ClH/c1-27(15-11-23-19(25-17(15)29)26-18(22)30)16(28)10-14(8-5-9-21)24-20(31)32-12-13-6-3-2-4-7-13;/h2-4,6-7,14-15H,5,8-12,21H2,1H3,(H,24,31)(H4,22,23,25,26,29,30);1H/t14-,15?;/m0./s1. The molecule has 12 nitrogen and oxygen atoms in total. The number of guanidine groups is 1. The zero-order valence-corrected chi connectivity index (χ0v) is 19.1. The molecule has 0 aromatic heterocycles. The number of ether oxygens (including phenoxy) is 1.